The minimum absolute atomic E-state index is 0.404. The van der Waals surface area contributed by atoms with E-state index in [0.717, 1.165) is 11.3 Å². The molecule has 0 aliphatic rings. The van der Waals surface area contributed by atoms with Crippen molar-refractivity contribution in [1.82, 2.24) is 5.32 Å². The molecule has 1 aromatic carbocycles. The summed E-state index contributed by atoms with van der Waals surface area (Å²) in [6.45, 7) is 6.24. The Hall–Kier alpha value is -1.13. The maximum Gasteiger partial charge on any atom is 0.170 e. The van der Waals surface area contributed by atoms with Crippen LogP contribution in [0.4, 0.5) is 5.69 Å². The van der Waals surface area contributed by atoms with Crippen LogP contribution in [0.15, 0.2) is 18.2 Å². The lowest BCUT2D eigenvalue weighted by Gasteiger charge is -2.13. The lowest BCUT2D eigenvalue weighted by molar-refractivity contribution is 0.198. The van der Waals surface area contributed by atoms with Crippen molar-refractivity contribution in [3.8, 4) is 0 Å². The molecule has 0 radical (unpaired) electrons. The highest BCUT2D eigenvalue weighted by Gasteiger charge is 2.02. The highest BCUT2D eigenvalue weighted by molar-refractivity contribution is 7.80. The van der Waals surface area contributed by atoms with E-state index in [9.17, 15) is 0 Å². The molecule has 3 nitrogen and oxygen atoms in total. The van der Waals surface area contributed by atoms with Crippen LogP contribution in [0.3, 0.4) is 0 Å². The van der Waals surface area contributed by atoms with Crippen LogP contribution in [-0.4, -0.2) is 22.9 Å². The molecule has 4 heteroatoms. The lowest BCUT2D eigenvalue weighted by Crippen LogP contribution is -2.34. The number of thiocarbonyl (C=S) groups is 1. The molecule has 0 heterocycles. The second-order valence-corrected chi connectivity index (χ2v) is 4.41. The number of aliphatic hydroxyl groups is 1. The van der Waals surface area contributed by atoms with Crippen LogP contribution in [0.25, 0.3) is 0 Å². The molecular weight excluding hydrogens is 220 g/mol. The van der Waals surface area contributed by atoms with Crippen molar-refractivity contribution in [1.29, 1.82) is 0 Å². The molecule has 0 aliphatic carbocycles. The molecule has 0 saturated heterocycles. The second-order valence-electron chi connectivity index (χ2n) is 4.00. The average molecular weight is 238 g/mol. The Morgan fingerprint density at radius 2 is 2.12 bits per heavy atom. The first-order chi connectivity index (χ1) is 7.49. The van der Waals surface area contributed by atoms with E-state index in [4.69, 9.17) is 17.3 Å². The van der Waals surface area contributed by atoms with Crippen molar-refractivity contribution in [2.45, 2.75) is 26.9 Å². The first-order valence-corrected chi connectivity index (χ1v) is 5.70. The van der Waals surface area contributed by atoms with E-state index in [1.54, 1.807) is 6.92 Å². The van der Waals surface area contributed by atoms with Gasteiger partial charge in [-0.3, -0.25) is 0 Å². The van der Waals surface area contributed by atoms with Crippen molar-refractivity contribution in [3.05, 3.63) is 29.3 Å². The van der Waals surface area contributed by atoms with E-state index in [1.165, 1.54) is 5.56 Å². The number of aryl methyl sites for hydroxylation is 2. The minimum Gasteiger partial charge on any atom is -0.392 e. The number of nitrogens with one attached hydrogen (secondary N) is 2. The molecule has 0 spiro atoms. The lowest BCUT2D eigenvalue weighted by atomic mass is 10.1. The maximum atomic E-state index is 9.12. The van der Waals surface area contributed by atoms with Crippen LogP contribution in [0, 0.1) is 13.8 Å². The topological polar surface area (TPSA) is 44.3 Å². The summed E-state index contributed by atoms with van der Waals surface area (Å²) >= 11 is 5.12. The smallest absolute Gasteiger partial charge is 0.170 e. The SMILES string of the molecule is Cc1ccc(C)c(NC(=S)NCC(C)O)c1. The summed E-state index contributed by atoms with van der Waals surface area (Å²) in [5.74, 6) is 0. The fourth-order valence-electron chi connectivity index (χ4n) is 1.28. The van der Waals surface area contributed by atoms with Crippen molar-refractivity contribution < 1.29 is 5.11 Å². The Bertz CT molecular complexity index is 377. The van der Waals surface area contributed by atoms with Gasteiger partial charge in [0.2, 0.25) is 0 Å². The van der Waals surface area contributed by atoms with E-state index in [2.05, 4.69) is 22.8 Å². The summed E-state index contributed by atoms with van der Waals surface area (Å²) in [7, 11) is 0. The van der Waals surface area contributed by atoms with Crippen LogP contribution in [0.5, 0.6) is 0 Å². The average Bonchev–Trinajstić information content (AvgIpc) is 2.20. The zero-order valence-corrected chi connectivity index (χ0v) is 10.7. The number of hydrogen-bond acceptors (Lipinski definition) is 2. The van der Waals surface area contributed by atoms with Crippen LogP contribution < -0.4 is 10.6 Å². The summed E-state index contributed by atoms with van der Waals surface area (Å²) in [6.07, 6.45) is -0.404. The van der Waals surface area contributed by atoms with E-state index in [0.29, 0.717) is 11.7 Å². The van der Waals surface area contributed by atoms with Gasteiger partial charge in [-0.25, -0.2) is 0 Å². The van der Waals surface area contributed by atoms with E-state index in [-0.39, 0.29) is 0 Å². The van der Waals surface area contributed by atoms with Gasteiger partial charge in [-0.15, -0.1) is 0 Å². The molecule has 0 aromatic heterocycles. The normalized spacial score (nSPS) is 12.0. The third-order valence-electron chi connectivity index (χ3n) is 2.20. The largest absolute Gasteiger partial charge is 0.392 e. The molecule has 3 N–H and O–H groups in total. The van der Waals surface area contributed by atoms with E-state index in [1.807, 2.05) is 19.9 Å². The number of anilines is 1. The zero-order chi connectivity index (χ0) is 12.1. The fourth-order valence-corrected chi connectivity index (χ4v) is 1.47. The Morgan fingerprint density at radius 3 is 2.75 bits per heavy atom. The molecule has 1 unspecified atom stereocenters. The number of hydrogen-bond donors (Lipinski definition) is 3. The van der Waals surface area contributed by atoms with Gasteiger partial charge >= 0.3 is 0 Å². The Kier molecular flexibility index (Phi) is 4.71. The molecule has 1 aromatic rings. The van der Waals surface area contributed by atoms with Crippen LogP contribution in [-0.2, 0) is 0 Å². The van der Waals surface area contributed by atoms with Gasteiger partial charge in [0.1, 0.15) is 0 Å². The van der Waals surface area contributed by atoms with Gasteiger partial charge in [0.25, 0.3) is 0 Å². The van der Waals surface area contributed by atoms with Crippen molar-refractivity contribution in [2.24, 2.45) is 0 Å². The summed E-state index contributed by atoms with van der Waals surface area (Å²) < 4.78 is 0. The number of aliphatic hydroxyl groups excluding tert-OH is 1. The summed E-state index contributed by atoms with van der Waals surface area (Å²) in [6, 6.07) is 6.16. The van der Waals surface area contributed by atoms with Crippen molar-refractivity contribution >= 4 is 23.0 Å². The molecule has 1 atom stereocenters. The molecule has 0 saturated carbocycles. The molecule has 0 aliphatic heterocycles. The molecule has 1 rings (SSSR count). The third-order valence-corrected chi connectivity index (χ3v) is 2.45. The van der Waals surface area contributed by atoms with Crippen LogP contribution >= 0.6 is 12.2 Å². The monoisotopic (exact) mass is 238 g/mol. The standard InChI is InChI=1S/C12H18N2OS/c1-8-4-5-9(2)11(6-8)14-12(16)13-7-10(3)15/h4-6,10,15H,7H2,1-3H3,(H2,13,14,16). The van der Waals surface area contributed by atoms with Gasteiger partial charge in [-0.2, -0.15) is 0 Å². The van der Waals surface area contributed by atoms with Gasteiger partial charge in [-0.05, 0) is 50.2 Å². The highest BCUT2D eigenvalue weighted by Crippen LogP contribution is 2.15. The minimum atomic E-state index is -0.404. The maximum absolute atomic E-state index is 9.12. The predicted molar refractivity (Wildman–Crippen MR) is 71.8 cm³/mol. The molecule has 0 amide bonds. The first-order valence-electron chi connectivity index (χ1n) is 5.29. The van der Waals surface area contributed by atoms with Crippen LogP contribution in [0.2, 0.25) is 0 Å². The van der Waals surface area contributed by atoms with Gasteiger partial charge in [0.05, 0.1) is 6.10 Å². The molecule has 0 fully saturated rings. The first kappa shape index (κ1) is 12.9. The Balaban J connectivity index is 2.59. The quantitative estimate of drug-likeness (QED) is 0.705. The fraction of sp³-hybridized carbons (Fsp3) is 0.417. The molecule has 88 valence electrons. The van der Waals surface area contributed by atoms with Gasteiger partial charge in [0.15, 0.2) is 5.11 Å². The summed E-state index contributed by atoms with van der Waals surface area (Å²) in [4.78, 5) is 0. The van der Waals surface area contributed by atoms with E-state index < -0.39 is 6.10 Å². The highest BCUT2D eigenvalue weighted by atomic mass is 32.1. The van der Waals surface area contributed by atoms with Crippen LogP contribution in [0.1, 0.15) is 18.1 Å². The third kappa shape index (κ3) is 4.16. The zero-order valence-electron chi connectivity index (χ0n) is 9.87. The Morgan fingerprint density at radius 1 is 1.44 bits per heavy atom. The molecular formula is C12H18N2OS. The van der Waals surface area contributed by atoms with Crippen molar-refractivity contribution in [3.63, 3.8) is 0 Å². The Labute approximate surface area is 102 Å². The summed E-state index contributed by atoms with van der Waals surface area (Å²) in [5.41, 5.74) is 3.33. The second kappa shape index (κ2) is 5.82. The van der Waals surface area contributed by atoms with Gasteiger partial charge in [0, 0.05) is 12.2 Å². The number of rotatable bonds is 3. The predicted octanol–water partition coefficient (Wildman–Crippen LogP) is 1.97. The molecule has 0 bridgehead atoms. The van der Waals surface area contributed by atoms with Gasteiger partial charge in [-0.1, -0.05) is 12.1 Å². The molecule has 16 heavy (non-hydrogen) atoms. The summed E-state index contributed by atoms with van der Waals surface area (Å²) in [5, 5.41) is 15.7. The van der Waals surface area contributed by atoms with Gasteiger partial charge < -0.3 is 15.7 Å². The van der Waals surface area contributed by atoms with Crippen molar-refractivity contribution in [2.75, 3.05) is 11.9 Å². The number of benzene rings is 1. The van der Waals surface area contributed by atoms with E-state index >= 15 is 0 Å².